The van der Waals surface area contributed by atoms with E-state index in [2.05, 4.69) is 167 Å². The Hall–Kier alpha value is -4.57. The predicted molar refractivity (Wildman–Crippen MR) is 399 cm³/mol. The maximum Gasteiger partial charge on any atom is 0.472 e. The molecular formula is C79H132O16P2. The fourth-order valence-corrected chi connectivity index (χ4v) is 11.0. The fraction of sp³-hybridized carbons (Fsp3) is 0.658. The SMILES string of the molecule is CC/C=C\C/C=C\C/C=C\C/C=C\C/C=C\CCCCCCCCCC(=O)OCC(O)COP(=O)(O)OCC(O)COP(=O)(O)OCC(COC(=O)CCCCCCCCC/C=C\C/C=C\C/C=C\C/C=C\CCCCC)OC(=O)CCCCCCC/C=C\C/C=C\C/C=C\CC. The van der Waals surface area contributed by atoms with Crippen molar-refractivity contribution in [1.82, 2.24) is 0 Å². The molecule has 0 amide bonds. The third-order valence-electron chi connectivity index (χ3n) is 15.0. The molecule has 4 N–H and O–H groups in total. The summed E-state index contributed by atoms with van der Waals surface area (Å²) in [5.74, 6) is -1.62. The van der Waals surface area contributed by atoms with Gasteiger partial charge in [0.05, 0.1) is 26.4 Å². The highest BCUT2D eigenvalue weighted by molar-refractivity contribution is 7.47. The minimum absolute atomic E-state index is 0.0779. The number of phosphoric ester groups is 2. The molecule has 97 heavy (non-hydrogen) atoms. The molecule has 18 heteroatoms. The summed E-state index contributed by atoms with van der Waals surface area (Å²) in [5.41, 5.74) is 0. The smallest absolute Gasteiger partial charge is 0.463 e. The molecule has 554 valence electrons. The zero-order valence-corrected chi connectivity index (χ0v) is 62.0. The molecule has 16 nitrogen and oxygen atoms in total. The van der Waals surface area contributed by atoms with E-state index in [1.165, 1.54) is 25.7 Å². The number of phosphoric acid groups is 2. The van der Waals surface area contributed by atoms with Gasteiger partial charge in [-0.2, -0.15) is 0 Å². The Morgan fingerprint density at radius 3 is 0.866 bits per heavy atom. The van der Waals surface area contributed by atoms with Gasteiger partial charge in [-0.25, -0.2) is 9.13 Å². The van der Waals surface area contributed by atoms with Crippen LogP contribution in [-0.4, -0.2) is 95.9 Å². The lowest BCUT2D eigenvalue weighted by Crippen LogP contribution is -2.30. The maximum absolute atomic E-state index is 13.0. The van der Waals surface area contributed by atoms with Crippen molar-refractivity contribution in [2.24, 2.45) is 0 Å². The lowest BCUT2D eigenvalue weighted by Gasteiger charge is -2.21. The monoisotopic (exact) mass is 1400 g/mol. The topological polar surface area (TPSA) is 231 Å². The van der Waals surface area contributed by atoms with E-state index in [0.717, 1.165) is 193 Å². The van der Waals surface area contributed by atoms with E-state index in [9.17, 15) is 43.5 Å². The first-order chi connectivity index (χ1) is 47.2. The Morgan fingerprint density at radius 2 is 0.546 bits per heavy atom. The van der Waals surface area contributed by atoms with Gasteiger partial charge in [0.25, 0.3) is 0 Å². The van der Waals surface area contributed by atoms with Crippen molar-refractivity contribution in [2.75, 3.05) is 39.6 Å². The van der Waals surface area contributed by atoms with Crippen LogP contribution in [-0.2, 0) is 55.8 Å². The quantitative estimate of drug-likeness (QED) is 0.0146. The first-order valence-electron chi connectivity index (χ1n) is 37.1. The number of allylic oxidation sites excluding steroid dienone is 24. The number of unbranched alkanes of at least 4 members (excludes halogenated alkanes) is 22. The van der Waals surface area contributed by atoms with Crippen molar-refractivity contribution in [3.63, 3.8) is 0 Å². The molecule has 0 aliphatic heterocycles. The molecule has 5 atom stereocenters. The summed E-state index contributed by atoms with van der Waals surface area (Å²) < 4.78 is 61.0. The third kappa shape index (κ3) is 72.5. The van der Waals surface area contributed by atoms with Crippen LogP contribution >= 0.6 is 15.6 Å². The van der Waals surface area contributed by atoms with Crippen molar-refractivity contribution in [3.8, 4) is 0 Å². The average molecular weight is 1400 g/mol. The Balaban J connectivity index is 4.67. The van der Waals surface area contributed by atoms with Crippen molar-refractivity contribution in [1.29, 1.82) is 0 Å². The van der Waals surface area contributed by atoms with Crippen molar-refractivity contribution >= 4 is 33.6 Å². The molecule has 5 unspecified atom stereocenters. The first-order valence-corrected chi connectivity index (χ1v) is 40.1. The Bertz CT molecular complexity index is 2350. The van der Waals surface area contributed by atoms with Gasteiger partial charge >= 0.3 is 33.6 Å². The summed E-state index contributed by atoms with van der Waals surface area (Å²) in [7, 11) is -9.80. The minimum Gasteiger partial charge on any atom is -0.463 e. The maximum atomic E-state index is 13.0. The number of aliphatic hydroxyl groups is 2. The lowest BCUT2D eigenvalue weighted by molar-refractivity contribution is -0.161. The van der Waals surface area contributed by atoms with Crippen LogP contribution < -0.4 is 0 Å². The van der Waals surface area contributed by atoms with Crippen molar-refractivity contribution in [2.45, 2.75) is 296 Å². The van der Waals surface area contributed by atoms with Crippen LogP contribution in [0.15, 0.2) is 146 Å². The number of rotatable bonds is 69. The molecule has 0 aliphatic rings. The van der Waals surface area contributed by atoms with E-state index in [0.29, 0.717) is 19.3 Å². The van der Waals surface area contributed by atoms with Crippen LogP contribution in [0.2, 0.25) is 0 Å². The van der Waals surface area contributed by atoms with Crippen LogP contribution in [0.1, 0.15) is 278 Å². The highest BCUT2D eigenvalue weighted by atomic mass is 31.2. The molecule has 0 bridgehead atoms. The predicted octanol–water partition coefficient (Wildman–Crippen LogP) is 21.3. The van der Waals surface area contributed by atoms with E-state index in [1.54, 1.807) is 0 Å². The van der Waals surface area contributed by atoms with Crippen LogP contribution in [0.25, 0.3) is 0 Å². The number of esters is 3. The minimum atomic E-state index is -4.94. The average Bonchev–Trinajstić information content (AvgIpc) is 1.77. The number of hydrogen-bond acceptors (Lipinski definition) is 14. The third-order valence-corrected chi connectivity index (χ3v) is 16.9. The summed E-state index contributed by atoms with van der Waals surface area (Å²) in [6.45, 7) is 2.37. The van der Waals surface area contributed by atoms with Crippen LogP contribution in [0.5, 0.6) is 0 Å². The molecule has 0 radical (unpaired) electrons. The second-order valence-corrected chi connectivity index (χ2v) is 27.2. The van der Waals surface area contributed by atoms with Crippen molar-refractivity contribution < 1.29 is 75.8 Å². The van der Waals surface area contributed by atoms with Crippen LogP contribution in [0, 0.1) is 0 Å². The molecule has 0 spiro atoms. The second-order valence-electron chi connectivity index (χ2n) is 24.3. The van der Waals surface area contributed by atoms with Gasteiger partial charge < -0.3 is 34.2 Å². The number of hydrogen-bond donors (Lipinski definition) is 4. The zero-order valence-electron chi connectivity index (χ0n) is 60.2. The number of ether oxygens (including phenoxy) is 3. The van der Waals surface area contributed by atoms with E-state index in [1.807, 2.05) is 0 Å². The summed E-state index contributed by atoms with van der Waals surface area (Å²) in [4.78, 5) is 58.6. The van der Waals surface area contributed by atoms with E-state index in [-0.39, 0.29) is 19.3 Å². The molecule has 0 aromatic heterocycles. The highest BCUT2D eigenvalue weighted by Gasteiger charge is 2.29. The molecule has 0 aliphatic carbocycles. The van der Waals surface area contributed by atoms with Crippen LogP contribution in [0.4, 0.5) is 0 Å². The standard InChI is InChI=1S/C79H132O16P2/c1-4-7-10-13-16-19-22-25-28-30-32-34-36-38-40-42-45-47-50-53-56-59-62-65-77(82)89-68-74(80)69-91-96(85,86)92-70-75(81)71-93-97(87,88)94-73-76(95-79(84)67-64-61-58-55-52-49-44-27-24-21-18-15-12-9-6-3)72-90-78(83)66-63-60-57-54-51-48-46-43-41-39-37-35-33-31-29-26-23-20-17-14-11-8-5-2/h7,9-10,12,16-21,25-29,32-35,38-41,44,74-76,80-81H,4-6,8,11,13-15,22-24,30-31,36-37,42-43,45-73H2,1-3H3,(H,85,86)(H,87,88)/b10-7-,12-9-,19-16-,20-17-,21-18-,28-25-,29-26-,34-32-,35-33-,40-38-,41-39-,44-27-. The zero-order chi connectivity index (χ0) is 70.9. The number of carbonyl (C=O) groups excluding carboxylic acids is 3. The number of carbonyl (C=O) groups is 3. The molecule has 0 heterocycles. The van der Waals surface area contributed by atoms with Gasteiger partial charge in [-0.15, -0.1) is 0 Å². The normalized spacial score (nSPS) is 14.9. The van der Waals surface area contributed by atoms with Gasteiger partial charge in [0, 0.05) is 19.3 Å². The molecule has 0 aromatic rings. The molecule has 0 aromatic carbocycles. The van der Waals surface area contributed by atoms with Gasteiger partial charge in [-0.3, -0.25) is 32.5 Å². The molecular weight excluding hydrogens is 1270 g/mol. The van der Waals surface area contributed by atoms with Gasteiger partial charge in [0.15, 0.2) is 6.10 Å². The van der Waals surface area contributed by atoms with Crippen LogP contribution in [0.3, 0.4) is 0 Å². The second kappa shape index (κ2) is 71.3. The first kappa shape index (κ1) is 92.4. The lowest BCUT2D eigenvalue weighted by atomic mass is 10.1. The van der Waals surface area contributed by atoms with E-state index < -0.39 is 91.5 Å². The Kier molecular flexibility index (Phi) is 67.9. The largest absolute Gasteiger partial charge is 0.472 e. The van der Waals surface area contributed by atoms with E-state index in [4.69, 9.17) is 32.3 Å². The van der Waals surface area contributed by atoms with Gasteiger partial charge in [-0.05, 0) is 141 Å². The summed E-state index contributed by atoms with van der Waals surface area (Å²) in [6, 6.07) is 0. The molecule has 0 saturated carbocycles. The van der Waals surface area contributed by atoms with Crippen molar-refractivity contribution in [3.05, 3.63) is 146 Å². The fourth-order valence-electron chi connectivity index (χ4n) is 9.42. The molecule has 0 saturated heterocycles. The Labute approximate surface area is 587 Å². The molecule has 0 fully saturated rings. The molecule has 0 rings (SSSR count). The van der Waals surface area contributed by atoms with Gasteiger partial charge in [-0.1, -0.05) is 263 Å². The summed E-state index contributed by atoms with van der Waals surface area (Å²) >= 11 is 0. The van der Waals surface area contributed by atoms with E-state index >= 15 is 0 Å². The highest BCUT2D eigenvalue weighted by Crippen LogP contribution is 2.45. The van der Waals surface area contributed by atoms with Gasteiger partial charge in [0.1, 0.15) is 25.4 Å². The summed E-state index contributed by atoms with van der Waals surface area (Å²) in [5, 5.41) is 20.6. The summed E-state index contributed by atoms with van der Waals surface area (Å²) in [6.07, 6.45) is 86.0. The van der Waals surface area contributed by atoms with Gasteiger partial charge in [0.2, 0.25) is 0 Å². The number of aliphatic hydroxyl groups excluding tert-OH is 2. The Morgan fingerprint density at radius 1 is 0.299 bits per heavy atom.